The van der Waals surface area contributed by atoms with E-state index in [1.807, 2.05) is 23.1 Å². The van der Waals surface area contributed by atoms with Gasteiger partial charge < -0.3 is 10.2 Å². The Bertz CT molecular complexity index is 584. The van der Waals surface area contributed by atoms with Crippen molar-refractivity contribution in [2.45, 2.75) is 51.0 Å². The molecule has 0 saturated carbocycles. The molecule has 5 nitrogen and oxygen atoms in total. The first-order chi connectivity index (χ1) is 12.7. The molecular weight excluding hydrogens is 326 g/mol. The third-order valence-electron chi connectivity index (χ3n) is 5.47. The maximum absolute atomic E-state index is 12.8. The van der Waals surface area contributed by atoms with Crippen LogP contribution in [0.2, 0.25) is 0 Å². The lowest BCUT2D eigenvalue weighted by Gasteiger charge is -2.36. The largest absolute Gasteiger partial charge is 0.355 e. The highest BCUT2D eigenvalue weighted by molar-refractivity contribution is 5.84. The number of piperidine rings is 1. The Kier molecular flexibility index (Phi) is 7.06. The van der Waals surface area contributed by atoms with Gasteiger partial charge >= 0.3 is 0 Å². The van der Waals surface area contributed by atoms with E-state index in [-0.39, 0.29) is 17.9 Å². The van der Waals surface area contributed by atoms with E-state index in [1.54, 1.807) is 0 Å². The molecule has 1 aromatic carbocycles. The van der Waals surface area contributed by atoms with Crippen LogP contribution in [0.15, 0.2) is 30.3 Å². The van der Waals surface area contributed by atoms with Crippen LogP contribution in [0.3, 0.4) is 0 Å². The number of hydrogen-bond donors (Lipinski definition) is 1. The molecule has 0 spiro atoms. The zero-order chi connectivity index (χ0) is 18.2. The molecule has 1 N–H and O–H groups in total. The summed E-state index contributed by atoms with van der Waals surface area (Å²) in [6.07, 6.45) is 7.18. The molecule has 5 heteroatoms. The summed E-state index contributed by atoms with van der Waals surface area (Å²) in [5.74, 6) is 0.276. The Morgan fingerprint density at radius 2 is 1.73 bits per heavy atom. The van der Waals surface area contributed by atoms with Gasteiger partial charge in [0, 0.05) is 19.6 Å². The van der Waals surface area contributed by atoms with Gasteiger partial charge in [-0.15, -0.1) is 0 Å². The molecule has 0 radical (unpaired) electrons. The molecule has 0 bridgehead atoms. The molecule has 1 aromatic rings. The topological polar surface area (TPSA) is 52.7 Å². The molecule has 3 rings (SSSR count). The van der Waals surface area contributed by atoms with Crippen molar-refractivity contribution in [2.75, 3.05) is 32.7 Å². The minimum atomic E-state index is -0.100. The van der Waals surface area contributed by atoms with Gasteiger partial charge in [0.05, 0.1) is 12.6 Å². The van der Waals surface area contributed by atoms with Gasteiger partial charge in [0.1, 0.15) is 0 Å². The molecule has 2 aliphatic rings. The molecule has 2 aliphatic heterocycles. The van der Waals surface area contributed by atoms with E-state index in [0.29, 0.717) is 13.1 Å². The number of carbonyl (C=O) groups is 2. The number of aryl methyl sites for hydroxylation is 1. The zero-order valence-corrected chi connectivity index (χ0v) is 15.7. The van der Waals surface area contributed by atoms with Gasteiger partial charge in [0.25, 0.3) is 0 Å². The summed E-state index contributed by atoms with van der Waals surface area (Å²) in [7, 11) is 0. The summed E-state index contributed by atoms with van der Waals surface area (Å²) in [5, 5.41) is 3.02. The standard InChI is InChI=1S/C21H31N3O2/c25-20(22-13-8-11-18-9-2-1-3-10-18)17-24-16-5-4-12-19(24)21(26)23-14-6-7-15-23/h1-3,9-10,19H,4-8,11-17H2,(H,22,25)/t19-/m0/s1. The lowest BCUT2D eigenvalue weighted by atomic mass is 10.0. The molecule has 2 amide bonds. The highest BCUT2D eigenvalue weighted by Gasteiger charge is 2.33. The van der Waals surface area contributed by atoms with Gasteiger partial charge in [0.2, 0.25) is 11.8 Å². The van der Waals surface area contributed by atoms with Crippen LogP contribution in [0.1, 0.15) is 44.1 Å². The third-order valence-corrected chi connectivity index (χ3v) is 5.47. The van der Waals surface area contributed by atoms with Gasteiger partial charge in [0.15, 0.2) is 0 Å². The maximum atomic E-state index is 12.8. The predicted octanol–water partition coefficient (Wildman–Crippen LogP) is 2.21. The second kappa shape index (κ2) is 9.72. The quantitative estimate of drug-likeness (QED) is 0.761. The number of nitrogens with one attached hydrogen (secondary N) is 1. The van der Waals surface area contributed by atoms with Crippen molar-refractivity contribution in [3.05, 3.63) is 35.9 Å². The van der Waals surface area contributed by atoms with Crippen LogP contribution >= 0.6 is 0 Å². The molecular formula is C21H31N3O2. The molecule has 0 aromatic heterocycles. The molecule has 1 atom stereocenters. The van der Waals surface area contributed by atoms with Gasteiger partial charge in [-0.25, -0.2) is 0 Å². The van der Waals surface area contributed by atoms with Crippen LogP contribution in [-0.2, 0) is 16.0 Å². The van der Waals surface area contributed by atoms with Crippen molar-refractivity contribution in [2.24, 2.45) is 0 Å². The number of hydrogen-bond acceptors (Lipinski definition) is 3. The Balaban J connectivity index is 1.42. The second-order valence-corrected chi connectivity index (χ2v) is 7.45. The second-order valence-electron chi connectivity index (χ2n) is 7.45. The molecule has 0 unspecified atom stereocenters. The third kappa shape index (κ3) is 5.31. The first-order valence-electron chi connectivity index (χ1n) is 10.1. The van der Waals surface area contributed by atoms with Crippen molar-refractivity contribution in [3.8, 4) is 0 Å². The number of rotatable bonds is 7. The minimum Gasteiger partial charge on any atom is -0.355 e. The molecule has 0 aliphatic carbocycles. The number of nitrogens with zero attached hydrogens (tertiary/aromatic N) is 2. The summed E-state index contributed by atoms with van der Waals surface area (Å²) in [6.45, 7) is 3.65. The lowest BCUT2D eigenvalue weighted by Crippen LogP contribution is -2.53. The zero-order valence-electron chi connectivity index (χ0n) is 15.7. The Labute approximate surface area is 156 Å². The Hall–Kier alpha value is -1.88. The fourth-order valence-corrected chi connectivity index (χ4v) is 4.01. The number of amides is 2. The monoisotopic (exact) mass is 357 g/mol. The summed E-state index contributed by atoms with van der Waals surface area (Å²) in [6, 6.07) is 10.2. The first-order valence-corrected chi connectivity index (χ1v) is 10.1. The average molecular weight is 357 g/mol. The van der Waals surface area contributed by atoms with Crippen LogP contribution in [-0.4, -0.2) is 60.4 Å². The van der Waals surface area contributed by atoms with Crippen LogP contribution in [0.25, 0.3) is 0 Å². The van der Waals surface area contributed by atoms with Crippen molar-refractivity contribution in [1.82, 2.24) is 15.1 Å². The van der Waals surface area contributed by atoms with Crippen LogP contribution in [0.5, 0.6) is 0 Å². The van der Waals surface area contributed by atoms with Crippen molar-refractivity contribution in [1.29, 1.82) is 0 Å². The number of carbonyl (C=O) groups excluding carboxylic acids is 2. The maximum Gasteiger partial charge on any atom is 0.239 e. The van der Waals surface area contributed by atoms with Crippen LogP contribution < -0.4 is 5.32 Å². The van der Waals surface area contributed by atoms with E-state index >= 15 is 0 Å². The molecule has 142 valence electrons. The Morgan fingerprint density at radius 3 is 2.50 bits per heavy atom. The summed E-state index contributed by atoms with van der Waals surface area (Å²) < 4.78 is 0. The molecule has 2 fully saturated rings. The minimum absolute atomic E-state index is 0.0409. The van der Waals surface area contributed by atoms with Gasteiger partial charge in [-0.3, -0.25) is 14.5 Å². The van der Waals surface area contributed by atoms with Crippen molar-refractivity contribution in [3.63, 3.8) is 0 Å². The summed E-state index contributed by atoms with van der Waals surface area (Å²) in [4.78, 5) is 29.2. The Morgan fingerprint density at radius 1 is 1.00 bits per heavy atom. The molecule has 2 saturated heterocycles. The number of benzene rings is 1. The highest BCUT2D eigenvalue weighted by atomic mass is 16.2. The summed E-state index contributed by atoms with van der Waals surface area (Å²) in [5.41, 5.74) is 1.30. The van der Waals surface area contributed by atoms with E-state index in [4.69, 9.17) is 0 Å². The van der Waals surface area contributed by atoms with E-state index < -0.39 is 0 Å². The SMILES string of the molecule is O=C(CN1CCCC[C@H]1C(=O)N1CCCC1)NCCCc1ccccc1. The lowest BCUT2D eigenvalue weighted by molar-refractivity contribution is -0.138. The molecule has 26 heavy (non-hydrogen) atoms. The van der Waals surface area contributed by atoms with E-state index in [1.165, 1.54) is 5.56 Å². The molecule has 2 heterocycles. The van der Waals surface area contributed by atoms with Crippen molar-refractivity contribution < 1.29 is 9.59 Å². The van der Waals surface area contributed by atoms with E-state index in [9.17, 15) is 9.59 Å². The smallest absolute Gasteiger partial charge is 0.239 e. The first kappa shape index (κ1) is 18.9. The van der Waals surface area contributed by atoms with Crippen LogP contribution in [0, 0.1) is 0 Å². The van der Waals surface area contributed by atoms with Gasteiger partial charge in [-0.2, -0.15) is 0 Å². The van der Waals surface area contributed by atoms with E-state index in [2.05, 4.69) is 22.3 Å². The fourth-order valence-electron chi connectivity index (χ4n) is 4.01. The van der Waals surface area contributed by atoms with Crippen molar-refractivity contribution >= 4 is 11.8 Å². The van der Waals surface area contributed by atoms with Gasteiger partial charge in [-0.05, 0) is 50.6 Å². The highest BCUT2D eigenvalue weighted by Crippen LogP contribution is 2.20. The van der Waals surface area contributed by atoms with Crippen LogP contribution in [0.4, 0.5) is 0 Å². The fraction of sp³-hybridized carbons (Fsp3) is 0.619. The predicted molar refractivity (Wildman–Crippen MR) is 103 cm³/mol. The van der Waals surface area contributed by atoms with E-state index in [0.717, 1.165) is 64.6 Å². The number of likely N-dealkylation sites (tertiary alicyclic amines) is 2. The van der Waals surface area contributed by atoms with Gasteiger partial charge in [-0.1, -0.05) is 36.8 Å². The summed E-state index contributed by atoms with van der Waals surface area (Å²) >= 11 is 0. The normalized spacial score (nSPS) is 20.9. The average Bonchev–Trinajstić information content (AvgIpc) is 3.21.